The summed E-state index contributed by atoms with van der Waals surface area (Å²) in [7, 11) is 1.87. The molecule has 0 unspecified atom stereocenters. The molecule has 3 heteroatoms. The molecule has 0 aromatic heterocycles. The van der Waals surface area contributed by atoms with Crippen molar-refractivity contribution in [2.45, 2.75) is 6.92 Å². The Hall–Kier alpha value is -0.470. The number of benzene rings is 1. The number of rotatable bonds is 2. The first-order valence-corrected chi connectivity index (χ1v) is 5.06. The molecule has 0 amide bonds. The van der Waals surface area contributed by atoms with E-state index in [1.54, 1.807) is 0 Å². The van der Waals surface area contributed by atoms with E-state index in [-0.39, 0.29) is 0 Å². The second-order valence-corrected chi connectivity index (χ2v) is 4.10. The first-order chi connectivity index (χ1) is 6.06. The van der Waals surface area contributed by atoms with Gasteiger partial charge in [0.05, 0.1) is 5.02 Å². The van der Waals surface area contributed by atoms with Gasteiger partial charge in [-0.15, -0.1) is 0 Å². The van der Waals surface area contributed by atoms with Crippen LogP contribution in [-0.4, -0.2) is 7.05 Å². The van der Waals surface area contributed by atoms with Crippen LogP contribution < -0.4 is 5.32 Å². The van der Waals surface area contributed by atoms with Crippen LogP contribution >= 0.6 is 27.5 Å². The van der Waals surface area contributed by atoms with Crippen molar-refractivity contribution in [2.24, 2.45) is 0 Å². The van der Waals surface area contributed by atoms with Gasteiger partial charge < -0.3 is 5.32 Å². The third kappa shape index (κ3) is 2.26. The minimum Gasteiger partial charge on any atom is -0.388 e. The zero-order valence-corrected chi connectivity index (χ0v) is 9.96. The number of anilines is 1. The molecular weight excluding hydrogens is 249 g/mol. The van der Waals surface area contributed by atoms with Gasteiger partial charge in [0.2, 0.25) is 0 Å². The van der Waals surface area contributed by atoms with Gasteiger partial charge in [-0.05, 0) is 40.6 Å². The third-order valence-corrected chi connectivity index (χ3v) is 2.99. The van der Waals surface area contributed by atoms with Crippen LogP contribution in [0.15, 0.2) is 23.2 Å². The Labute approximate surface area is 91.9 Å². The number of allylic oxidation sites excluding steroid dienone is 1. The molecule has 0 aliphatic carbocycles. The van der Waals surface area contributed by atoms with Crippen LogP contribution in [0.4, 0.5) is 5.69 Å². The van der Waals surface area contributed by atoms with Crippen molar-refractivity contribution in [1.82, 2.24) is 0 Å². The van der Waals surface area contributed by atoms with Gasteiger partial charge in [0, 0.05) is 22.8 Å². The maximum absolute atomic E-state index is 5.95. The van der Waals surface area contributed by atoms with E-state index in [2.05, 4.69) is 27.8 Å². The lowest BCUT2D eigenvalue weighted by atomic mass is 10.1. The third-order valence-electron chi connectivity index (χ3n) is 1.79. The van der Waals surface area contributed by atoms with Crippen LogP contribution in [0.5, 0.6) is 0 Å². The van der Waals surface area contributed by atoms with Gasteiger partial charge in [0.15, 0.2) is 0 Å². The Morgan fingerprint density at radius 1 is 1.54 bits per heavy atom. The van der Waals surface area contributed by atoms with Crippen molar-refractivity contribution in [3.8, 4) is 0 Å². The monoisotopic (exact) mass is 259 g/mol. The van der Waals surface area contributed by atoms with Crippen LogP contribution in [0, 0.1) is 0 Å². The molecular formula is C10H11BrClN. The predicted molar refractivity (Wildman–Crippen MR) is 63.4 cm³/mol. The molecule has 0 aliphatic rings. The molecule has 1 aromatic carbocycles. The maximum Gasteiger partial charge on any atom is 0.0569 e. The Morgan fingerprint density at radius 2 is 2.15 bits per heavy atom. The quantitative estimate of drug-likeness (QED) is 0.841. The van der Waals surface area contributed by atoms with Gasteiger partial charge in [-0.25, -0.2) is 0 Å². The van der Waals surface area contributed by atoms with Gasteiger partial charge in [-0.3, -0.25) is 0 Å². The summed E-state index contributed by atoms with van der Waals surface area (Å²) in [6.45, 7) is 5.87. The van der Waals surface area contributed by atoms with Gasteiger partial charge in [-0.2, -0.15) is 0 Å². The van der Waals surface area contributed by atoms with Gasteiger partial charge in [0.1, 0.15) is 0 Å². The van der Waals surface area contributed by atoms with Crippen molar-refractivity contribution in [2.75, 3.05) is 12.4 Å². The molecule has 1 aromatic rings. The summed E-state index contributed by atoms with van der Waals surface area (Å²) in [5.41, 5.74) is 3.10. The molecule has 70 valence electrons. The lowest BCUT2D eigenvalue weighted by Gasteiger charge is -2.10. The zero-order valence-electron chi connectivity index (χ0n) is 7.62. The fourth-order valence-corrected chi connectivity index (χ4v) is 1.61. The molecule has 0 aliphatic heterocycles. The van der Waals surface area contributed by atoms with E-state index in [9.17, 15) is 0 Å². The van der Waals surface area contributed by atoms with E-state index in [4.69, 9.17) is 11.6 Å². The summed E-state index contributed by atoms with van der Waals surface area (Å²) in [5, 5.41) is 3.78. The lowest BCUT2D eigenvalue weighted by Crippen LogP contribution is -1.93. The van der Waals surface area contributed by atoms with E-state index in [0.717, 1.165) is 21.3 Å². The molecule has 0 saturated carbocycles. The summed E-state index contributed by atoms with van der Waals surface area (Å²) in [4.78, 5) is 0. The molecule has 1 rings (SSSR count). The summed E-state index contributed by atoms with van der Waals surface area (Å²) >= 11 is 9.33. The number of nitrogens with one attached hydrogen (secondary N) is 1. The maximum atomic E-state index is 5.95. The molecule has 0 atom stereocenters. The van der Waals surface area contributed by atoms with E-state index >= 15 is 0 Å². The van der Waals surface area contributed by atoms with Crippen LogP contribution in [0.1, 0.15) is 12.5 Å². The SMILES string of the molecule is C=C(C)c1cc(Br)c(Cl)cc1NC. The predicted octanol–water partition coefficient (Wildman–Crippen LogP) is 4.18. The highest BCUT2D eigenvalue weighted by atomic mass is 79.9. The summed E-state index contributed by atoms with van der Waals surface area (Å²) in [6.07, 6.45) is 0. The van der Waals surface area contributed by atoms with E-state index in [1.165, 1.54) is 0 Å². The number of hydrogen-bond acceptors (Lipinski definition) is 1. The minimum absolute atomic E-state index is 0.703. The van der Waals surface area contributed by atoms with Crippen LogP contribution in [0.25, 0.3) is 5.57 Å². The van der Waals surface area contributed by atoms with Crippen molar-refractivity contribution >= 4 is 38.8 Å². The Kier molecular flexibility index (Phi) is 3.40. The summed E-state index contributed by atoms with van der Waals surface area (Å²) < 4.78 is 0.895. The summed E-state index contributed by atoms with van der Waals surface area (Å²) in [5.74, 6) is 0. The van der Waals surface area contributed by atoms with E-state index in [1.807, 2.05) is 26.1 Å². The highest BCUT2D eigenvalue weighted by Gasteiger charge is 2.05. The lowest BCUT2D eigenvalue weighted by molar-refractivity contribution is 1.45. The van der Waals surface area contributed by atoms with Gasteiger partial charge >= 0.3 is 0 Å². The van der Waals surface area contributed by atoms with Crippen LogP contribution in [0.2, 0.25) is 5.02 Å². The Bertz CT molecular complexity index is 347. The van der Waals surface area contributed by atoms with Gasteiger partial charge in [-0.1, -0.05) is 18.2 Å². The molecule has 0 fully saturated rings. The van der Waals surface area contributed by atoms with Crippen molar-refractivity contribution in [3.63, 3.8) is 0 Å². The van der Waals surface area contributed by atoms with Crippen molar-refractivity contribution in [1.29, 1.82) is 0 Å². The van der Waals surface area contributed by atoms with Crippen molar-refractivity contribution in [3.05, 3.63) is 33.8 Å². The first-order valence-electron chi connectivity index (χ1n) is 3.89. The van der Waals surface area contributed by atoms with Crippen LogP contribution in [0.3, 0.4) is 0 Å². The smallest absolute Gasteiger partial charge is 0.0569 e. The number of hydrogen-bond donors (Lipinski definition) is 1. The van der Waals surface area contributed by atoms with Crippen molar-refractivity contribution < 1.29 is 0 Å². The molecule has 0 bridgehead atoms. The normalized spacial score (nSPS) is 9.85. The standard InChI is InChI=1S/C10H11BrClN/c1-6(2)7-4-8(11)9(12)5-10(7)13-3/h4-5,13H,1H2,2-3H3. The molecule has 0 radical (unpaired) electrons. The molecule has 0 spiro atoms. The average Bonchev–Trinajstić information content (AvgIpc) is 2.08. The largest absolute Gasteiger partial charge is 0.388 e. The zero-order chi connectivity index (χ0) is 10.0. The minimum atomic E-state index is 0.703. The average molecular weight is 261 g/mol. The first kappa shape index (κ1) is 10.6. The second-order valence-electron chi connectivity index (χ2n) is 2.84. The molecule has 13 heavy (non-hydrogen) atoms. The van der Waals surface area contributed by atoms with Gasteiger partial charge in [0.25, 0.3) is 0 Å². The fourth-order valence-electron chi connectivity index (χ4n) is 1.11. The van der Waals surface area contributed by atoms with Crippen LogP contribution in [-0.2, 0) is 0 Å². The fraction of sp³-hybridized carbons (Fsp3) is 0.200. The molecule has 1 nitrogen and oxygen atoms in total. The molecule has 0 heterocycles. The Morgan fingerprint density at radius 3 is 2.62 bits per heavy atom. The number of halogens is 2. The second kappa shape index (κ2) is 4.16. The van der Waals surface area contributed by atoms with E-state index in [0.29, 0.717) is 5.02 Å². The van der Waals surface area contributed by atoms with E-state index < -0.39 is 0 Å². The summed E-state index contributed by atoms with van der Waals surface area (Å²) in [6, 6.07) is 3.85. The topological polar surface area (TPSA) is 12.0 Å². The highest BCUT2D eigenvalue weighted by Crippen LogP contribution is 2.32. The molecule has 1 N–H and O–H groups in total. The highest BCUT2D eigenvalue weighted by molar-refractivity contribution is 9.10. The Balaban J connectivity index is 3.33. The molecule has 0 saturated heterocycles.